The van der Waals surface area contributed by atoms with E-state index in [0.717, 1.165) is 24.7 Å². The molecule has 0 bridgehead atoms. The molecule has 0 aliphatic rings. The van der Waals surface area contributed by atoms with Crippen LogP contribution in [-0.2, 0) is 6.54 Å². The summed E-state index contributed by atoms with van der Waals surface area (Å²) in [4.78, 5) is 2.48. The predicted molar refractivity (Wildman–Crippen MR) is 86.1 cm³/mol. The largest absolute Gasteiger partial charge is 0.371 e. The number of benzene rings is 1. The molecule has 0 aliphatic carbocycles. The van der Waals surface area contributed by atoms with E-state index in [-0.39, 0.29) is 0 Å². The number of hydrogen-bond donors (Lipinski definition) is 1. The molecule has 0 radical (unpaired) electrons. The molecule has 0 aliphatic heterocycles. The van der Waals surface area contributed by atoms with E-state index in [0.29, 0.717) is 11.8 Å². The summed E-state index contributed by atoms with van der Waals surface area (Å²) in [5.74, 6) is 1.30. The van der Waals surface area contributed by atoms with Crippen LogP contribution in [-0.4, -0.2) is 20.1 Å². The van der Waals surface area contributed by atoms with Gasteiger partial charge in [0.25, 0.3) is 0 Å². The Kier molecular flexibility index (Phi) is 6.67. The lowest BCUT2D eigenvalue weighted by Gasteiger charge is -2.30. The first kappa shape index (κ1) is 16.3. The highest BCUT2D eigenvalue weighted by Gasteiger charge is 2.14. The summed E-state index contributed by atoms with van der Waals surface area (Å²) in [6, 6.07) is 6.21. The summed E-state index contributed by atoms with van der Waals surface area (Å²) in [5.41, 5.74) is 2.58. The lowest BCUT2D eigenvalue weighted by atomic mass is 10.1. The molecular weight excluding hydrogens is 256 g/mol. The van der Waals surface area contributed by atoms with Gasteiger partial charge in [-0.25, -0.2) is 0 Å². The van der Waals surface area contributed by atoms with Gasteiger partial charge >= 0.3 is 0 Å². The second kappa shape index (κ2) is 7.76. The van der Waals surface area contributed by atoms with E-state index in [1.54, 1.807) is 0 Å². The SMILES string of the molecule is CNCc1cc(Cl)ccc1N(CC(C)C)CC(C)C. The smallest absolute Gasteiger partial charge is 0.0413 e. The van der Waals surface area contributed by atoms with Gasteiger partial charge in [0.15, 0.2) is 0 Å². The molecule has 1 rings (SSSR count). The standard InChI is InChI=1S/C16H27ClN2/c1-12(2)10-19(11-13(3)4)16-7-6-15(17)8-14(16)9-18-5/h6-8,12-13,18H,9-11H2,1-5H3. The maximum absolute atomic E-state index is 6.12. The van der Waals surface area contributed by atoms with Crippen molar-refractivity contribution in [2.24, 2.45) is 11.8 Å². The van der Waals surface area contributed by atoms with Crippen molar-refractivity contribution in [1.82, 2.24) is 5.32 Å². The Morgan fingerprint density at radius 1 is 1.11 bits per heavy atom. The van der Waals surface area contributed by atoms with Crippen LogP contribution in [0, 0.1) is 11.8 Å². The number of nitrogens with one attached hydrogen (secondary N) is 1. The predicted octanol–water partition coefficient (Wildman–Crippen LogP) is 4.18. The van der Waals surface area contributed by atoms with Crippen LogP contribution in [0.15, 0.2) is 18.2 Å². The molecule has 1 N–H and O–H groups in total. The third-order valence-corrected chi connectivity index (χ3v) is 3.16. The quantitative estimate of drug-likeness (QED) is 0.807. The Balaban J connectivity index is 3.05. The first-order valence-corrected chi connectivity index (χ1v) is 7.49. The van der Waals surface area contributed by atoms with E-state index in [1.807, 2.05) is 13.1 Å². The Morgan fingerprint density at radius 2 is 1.68 bits per heavy atom. The lowest BCUT2D eigenvalue weighted by molar-refractivity contribution is 0.551. The fraction of sp³-hybridized carbons (Fsp3) is 0.625. The first-order chi connectivity index (χ1) is 8.93. The Hall–Kier alpha value is -0.730. The van der Waals surface area contributed by atoms with Crippen molar-refractivity contribution in [1.29, 1.82) is 0 Å². The fourth-order valence-corrected chi connectivity index (χ4v) is 2.54. The van der Waals surface area contributed by atoms with Gasteiger partial charge in [0, 0.05) is 30.3 Å². The van der Waals surface area contributed by atoms with Crippen LogP contribution >= 0.6 is 11.6 Å². The topological polar surface area (TPSA) is 15.3 Å². The minimum atomic E-state index is 0.650. The Bertz CT molecular complexity index is 378. The van der Waals surface area contributed by atoms with Gasteiger partial charge in [0.2, 0.25) is 0 Å². The van der Waals surface area contributed by atoms with Crippen molar-refractivity contribution in [3.8, 4) is 0 Å². The number of anilines is 1. The maximum atomic E-state index is 6.12. The summed E-state index contributed by atoms with van der Waals surface area (Å²) in [6.07, 6.45) is 0. The van der Waals surface area contributed by atoms with Gasteiger partial charge in [-0.15, -0.1) is 0 Å². The number of hydrogen-bond acceptors (Lipinski definition) is 2. The van der Waals surface area contributed by atoms with Gasteiger partial charge in [-0.3, -0.25) is 0 Å². The molecule has 0 aromatic heterocycles. The van der Waals surface area contributed by atoms with E-state index in [1.165, 1.54) is 11.3 Å². The summed E-state index contributed by atoms with van der Waals surface area (Å²) in [6.45, 7) is 12.1. The molecule has 0 atom stereocenters. The first-order valence-electron chi connectivity index (χ1n) is 7.12. The monoisotopic (exact) mass is 282 g/mol. The van der Waals surface area contributed by atoms with E-state index < -0.39 is 0 Å². The molecule has 0 fully saturated rings. The average Bonchev–Trinajstić information content (AvgIpc) is 2.27. The molecule has 0 unspecified atom stereocenters. The molecule has 108 valence electrons. The Morgan fingerprint density at radius 3 is 2.16 bits per heavy atom. The zero-order chi connectivity index (χ0) is 14.4. The van der Waals surface area contributed by atoms with Crippen LogP contribution in [0.1, 0.15) is 33.3 Å². The molecule has 3 heteroatoms. The highest BCUT2D eigenvalue weighted by Crippen LogP contribution is 2.26. The number of rotatable bonds is 7. The van der Waals surface area contributed by atoms with Crippen LogP contribution in [0.4, 0.5) is 5.69 Å². The highest BCUT2D eigenvalue weighted by atomic mass is 35.5. The van der Waals surface area contributed by atoms with Gasteiger partial charge in [-0.2, -0.15) is 0 Å². The molecule has 1 aromatic rings. The molecule has 0 amide bonds. The summed E-state index contributed by atoms with van der Waals surface area (Å²) >= 11 is 6.12. The number of halogens is 1. The van der Waals surface area contributed by atoms with Gasteiger partial charge in [-0.05, 0) is 42.6 Å². The molecular formula is C16H27ClN2. The second-order valence-electron chi connectivity index (χ2n) is 6.00. The van der Waals surface area contributed by atoms with Gasteiger partial charge in [0.1, 0.15) is 0 Å². The van der Waals surface area contributed by atoms with Crippen LogP contribution in [0.3, 0.4) is 0 Å². The van der Waals surface area contributed by atoms with Gasteiger partial charge < -0.3 is 10.2 Å². The molecule has 0 heterocycles. The lowest BCUT2D eigenvalue weighted by Crippen LogP contribution is -2.32. The van der Waals surface area contributed by atoms with Crippen molar-refractivity contribution < 1.29 is 0 Å². The van der Waals surface area contributed by atoms with Crippen molar-refractivity contribution >= 4 is 17.3 Å². The molecule has 2 nitrogen and oxygen atoms in total. The molecule has 0 saturated heterocycles. The maximum Gasteiger partial charge on any atom is 0.0413 e. The van der Waals surface area contributed by atoms with Crippen molar-refractivity contribution in [3.05, 3.63) is 28.8 Å². The zero-order valence-corrected chi connectivity index (χ0v) is 13.6. The van der Waals surface area contributed by atoms with Crippen LogP contribution in [0.5, 0.6) is 0 Å². The van der Waals surface area contributed by atoms with Crippen molar-refractivity contribution in [3.63, 3.8) is 0 Å². The van der Waals surface area contributed by atoms with E-state index >= 15 is 0 Å². The molecule has 0 saturated carbocycles. The molecule has 0 spiro atoms. The summed E-state index contributed by atoms with van der Waals surface area (Å²) < 4.78 is 0. The third-order valence-electron chi connectivity index (χ3n) is 2.92. The molecule has 1 aromatic carbocycles. The third kappa shape index (κ3) is 5.42. The minimum absolute atomic E-state index is 0.650. The van der Waals surface area contributed by atoms with Crippen LogP contribution in [0.2, 0.25) is 5.02 Å². The molecule has 19 heavy (non-hydrogen) atoms. The van der Waals surface area contributed by atoms with Gasteiger partial charge in [0.05, 0.1) is 0 Å². The van der Waals surface area contributed by atoms with Crippen LogP contribution < -0.4 is 10.2 Å². The van der Waals surface area contributed by atoms with Crippen molar-refractivity contribution in [2.45, 2.75) is 34.2 Å². The summed E-state index contributed by atoms with van der Waals surface area (Å²) in [5, 5.41) is 4.04. The second-order valence-corrected chi connectivity index (χ2v) is 6.43. The highest BCUT2D eigenvalue weighted by molar-refractivity contribution is 6.30. The van der Waals surface area contributed by atoms with E-state index in [9.17, 15) is 0 Å². The number of nitrogens with zero attached hydrogens (tertiary/aromatic N) is 1. The zero-order valence-electron chi connectivity index (χ0n) is 12.8. The summed E-state index contributed by atoms with van der Waals surface area (Å²) in [7, 11) is 1.97. The Labute approximate surface area is 123 Å². The fourth-order valence-electron chi connectivity index (χ4n) is 2.35. The van der Waals surface area contributed by atoms with Crippen molar-refractivity contribution in [2.75, 3.05) is 25.0 Å². The van der Waals surface area contributed by atoms with E-state index in [2.05, 4.69) is 50.0 Å². The van der Waals surface area contributed by atoms with E-state index in [4.69, 9.17) is 11.6 Å². The average molecular weight is 283 g/mol. The van der Waals surface area contributed by atoms with Gasteiger partial charge in [-0.1, -0.05) is 39.3 Å². The van der Waals surface area contributed by atoms with Crippen LogP contribution in [0.25, 0.3) is 0 Å². The normalized spacial score (nSPS) is 11.4. The minimum Gasteiger partial charge on any atom is -0.371 e.